The van der Waals surface area contributed by atoms with Crippen molar-refractivity contribution in [2.75, 3.05) is 5.32 Å². The van der Waals surface area contributed by atoms with Gasteiger partial charge in [0, 0.05) is 11.7 Å². The SMILES string of the molecule is CC(C)CCC[C@@H](C)[C@H]1CC[C@H]2[C@@H](Nc3ccccc3)CCC[C@]12C. The van der Waals surface area contributed by atoms with Gasteiger partial charge in [-0.15, -0.1) is 0 Å². The number of benzene rings is 1. The minimum Gasteiger partial charge on any atom is -0.382 e. The number of para-hydroxylation sites is 1. The third-order valence-electron chi connectivity index (χ3n) is 7.45. The van der Waals surface area contributed by atoms with Crippen LogP contribution in [-0.4, -0.2) is 6.04 Å². The fourth-order valence-corrected chi connectivity index (χ4v) is 6.13. The predicted octanol–water partition coefficient (Wildman–Crippen LogP) is 7.15. The van der Waals surface area contributed by atoms with Crippen molar-refractivity contribution < 1.29 is 0 Å². The lowest BCUT2D eigenvalue weighted by Crippen LogP contribution is -2.44. The van der Waals surface area contributed by atoms with Gasteiger partial charge in [0.15, 0.2) is 0 Å². The molecule has 0 aromatic heterocycles. The van der Waals surface area contributed by atoms with E-state index in [0.717, 1.165) is 23.7 Å². The lowest BCUT2D eigenvalue weighted by atomic mass is 9.60. The molecule has 1 aromatic carbocycles. The molecule has 3 rings (SSSR count). The summed E-state index contributed by atoms with van der Waals surface area (Å²) in [4.78, 5) is 0. The Morgan fingerprint density at radius 3 is 2.52 bits per heavy atom. The van der Waals surface area contributed by atoms with Crippen molar-refractivity contribution in [3.05, 3.63) is 30.3 Å². The van der Waals surface area contributed by atoms with Crippen LogP contribution in [0.5, 0.6) is 0 Å². The zero-order valence-corrected chi connectivity index (χ0v) is 16.9. The van der Waals surface area contributed by atoms with Gasteiger partial charge in [0.05, 0.1) is 0 Å². The van der Waals surface area contributed by atoms with Gasteiger partial charge in [0.1, 0.15) is 0 Å². The molecule has 0 radical (unpaired) electrons. The molecule has 1 nitrogen and oxygen atoms in total. The largest absolute Gasteiger partial charge is 0.382 e. The molecule has 5 atom stereocenters. The van der Waals surface area contributed by atoms with Crippen LogP contribution in [0.25, 0.3) is 0 Å². The summed E-state index contributed by atoms with van der Waals surface area (Å²) >= 11 is 0. The molecule has 2 fully saturated rings. The van der Waals surface area contributed by atoms with Crippen LogP contribution < -0.4 is 5.32 Å². The Morgan fingerprint density at radius 1 is 1.04 bits per heavy atom. The summed E-state index contributed by atoms with van der Waals surface area (Å²) in [6.45, 7) is 9.90. The van der Waals surface area contributed by atoms with Gasteiger partial charge in [0.2, 0.25) is 0 Å². The topological polar surface area (TPSA) is 12.0 Å². The Balaban J connectivity index is 1.64. The first-order valence-corrected chi connectivity index (χ1v) is 10.8. The molecule has 1 N–H and O–H groups in total. The van der Waals surface area contributed by atoms with Crippen LogP contribution in [0.2, 0.25) is 0 Å². The fourth-order valence-electron chi connectivity index (χ4n) is 6.13. The molecule has 140 valence electrons. The molecule has 0 unspecified atom stereocenters. The van der Waals surface area contributed by atoms with E-state index in [1.165, 1.54) is 57.1 Å². The van der Waals surface area contributed by atoms with Gasteiger partial charge in [-0.3, -0.25) is 0 Å². The molecule has 25 heavy (non-hydrogen) atoms. The normalized spacial score (nSPS) is 33.2. The van der Waals surface area contributed by atoms with E-state index in [2.05, 4.69) is 63.3 Å². The highest BCUT2D eigenvalue weighted by molar-refractivity contribution is 5.44. The molecule has 0 spiro atoms. The summed E-state index contributed by atoms with van der Waals surface area (Å²) in [5.41, 5.74) is 1.87. The Bertz CT molecular complexity index is 522. The van der Waals surface area contributed by atoms with E-state index in [4.69, 9.17) is 0 Å². The Morgan fingerprint density at radius 2 is 1.80 bits per heavy atom. The first-order valence-electron chi connectivity index (χ1n) is 10.8. The molecule has 0 saturated heterocycles. The van der Waals surface area contributed by atoms with Crippen molar-refractivity contribution in [2.45, 2.75) is 85.1 Å². The maximum Gasteiger partial charge on any atom is 0.0342 e. The highest BCUT2D eigenvalue weighted by Gasteiger charge is 2.52. The number of fused-ring (bicyclic) bond motifs is 1. The molecule has 1 heteroatoms. The van der Waals surface area contributed by atoms with Crippen LogP contribution in [0, 0.1) is 29.1 Å². The maximum absolute atomic E-state index is 3.90. The highest BCUT2D eigenvalue weighted by Crippen LogP contribution is 2.58. The average Bonchev–Trinajstić information content (AvgIpc) is 2.93. The van der Waals surface area contributed by atoms with Crippen LogP contribution in [-0.2, 0) is 0 Å². The Hall–Kier alpha value is -0.980. The highest BCUT2D eigenvalue weighted by atomic mass is 14.9. The van der Waals surface area contributed by atoms with Crippen molar-refractivity contribution in [1.82, 2.24) is 0 Å². The van der Waals surface area contributed by atoms with Crippen LogP contribution in [0.4, 0.5) is 5.69 Å². The summed E-state index contributed by atoms with van der Waals surface area (Å²) in [6.07, 6.45) is 11.3. The van der Waals surface area contributed by atoms with Crippen molar-refractivity contribution in [2.24, 2.45) is 29.1 Å². The number of hydrogen-bond donors (Lipinski definition) is 1. The summed E-state index contributed by atoms with van der Waals surface area (Å²) in [6, 6.07) is 11.5. The number of nitrogens with one attached hydrogen (secondary N) is 1. The fraction of sp³-hybridized carbons (Fsp3) is 0.750. The molecule has 0 heterocycles. The molecule has 1 aromatic rings. The Kier molecular flexibility index (Phi) is 6.12. The second-order valence-electron chi connectivity index (χ2n) is 9.61. The Labute approximate surface area is 156 Å². The van der Waals surface area contributed by atoms with Gasteiger partial charge in [-0.25, -0.2) is 0 Å². The van der Waals surface area contributed by atoms with Gasteiger partial charge in [-0.1, -0.05) is 71.6 Å². The van der Waals surface area contributed by atoms with Crippen molar-refractivity contribution in [1.29, 1.82) is 0 Å². The van der Waals surface area contributed by atoms with E-state index in [1.807, 2.05) is 0 Å². The van der Waals surface area contributed by atoms with Crippen LogP contribution in [0.1, 0.15) is 79.1 Å². The molecular weight excluding hydrogens is 302 g/mol. The lowest BCUT2D eigenvalue weighted by Gasteiger charge is -2.47. The van der Waals surface area contributed by atoms with Gasteiger partial charge in [-0.05, 0) is 66.9 Å². The second-order valence-corrected chi connectivity index (χ2v) is 9.61. The minimum atomic E-state index is 0.557. The molecule has 2 aliphatic rings. The lowest BCUT2D eigenvalue weighted by molar-refractivity contribution is 0.0584. The van der Waals surface area contributed by atoms with Crippen LogP contribution in [0.3, 0.4) is 0 Å². The van der Waals surface area contributed by atoms with Crippen molar-refractivity contribution in [3.8, 4) is 0 Å². The average molecular weight is 342 g/mol. The quantitative estimate of drug-likeness (QED) is 0.555. The van der Waals surface area contributed by atoms with Gasteiger partial charge in [0.25, 0.3) is 0 Å². The standard InChI is InChI=1S/C24H39N/c1-18(2)10-8-11-19(3)21-15-16-22-23(14-9-17-24(21,22)4)25-20-12-6-5-7-13-20/h5-7,12-13,18-19,21-23,25H,8-11,14-17H2,1-4H3/t19-,21-,22+,23+,24-/m1/s1. The monoisotopic (exact) mass is 341 g/mol. The smallest absolute Gasteiger partial charge is 0.0342 e. The maximum atomic E-state index is 3.90. The van der Waals surface area contributed by atoms with Crippen molar-refractivity contribution >= 4 is 5.69 Å². The van der Waals surface area contributed by atoms with E-state index in [9.17, 15) is 0 Å². The van der Waals surface area contributed by atoms with Crippen LogP contribution >= 0.6 is 0 Å². The number of hydrogen-bond acceptors (Lipinski definition) is 1. The third-order valence-corrected chi connectivity index (χ3v) is 7.45. The first kappa shape index (κ1) is 18.8. The first-order chi connectivity index (χ1) is 12.0. The van der Waals surface area contributed by atoms with Gasteiger partial charge < -0.3 is 5.32 Å². The van der Waals surface area contributed by atoms with Gasteiger partial charge >= 0.3 is 0 Å². The van der Waals surface area contributed by atoms with E-state index >= 15 is 0 Å². The van der Waals surface area contributed by atoms with Gasteiger partial charge in [-0.2, -0.15) is 0 Å². The van der Waals surface area contributed by atoms with E-state index < -0.39 is 0 Å². The summed E-state index contributed by atoms with van der Waals surface area (Å²) in [5, 5.41) is 3.90. The zero-order valence-electron chi connectivity index (χ0n) is 16.9. The molecule has 0 aliphatic heterocycles. The van der Waals surface area contributed by atoms with E-state index in [0.29, 0.717) is 11.5 Å². The summed E-state index contributed by atoms with van der Waals surface area (Å²) in [5.74, 6) is 3.54. The summed E-state index contributed by atoms with van der Waals surface area (Å²) in [7, 11) is 0. The van der Waals surface area contributed by atoms with Crippen molar-refractivity contribution in [3.63, 3.8) is 0 Å². The molecule has 0 bridgehead atoms. The third kappa shape index (κ3) is 4.23. The van der Waals surface area contributed by atoms with Crippen LogP contribution in [0.15, 0.2) is 30.3 Å². The summed E-state index contributed by atoms with van der Waals surface area (Å²) < 4.78 is 0. The molecule has 2 aliphatic carbocycles. The van der Waals surface area contributed by atoms with E-state index in [-0.39, 0.29) is 0 Å². The minimum absolute atomic E-state index is 0.557. The molecular formula is C24H39N. The predicted molar refractivity (Wildman–Crippen MR) is 110 cm³/mol. The molecule has 2 saturated carbocycles. The van der Waals surface area contributed by atoms with E-state index in [1.54, 1.807) is 0 Å². The zero-order chi connectivity index (χ0) is 17.9. The number of rotatable bonds is 7. The molecule has 0 amide bonds. The second kappa shape index (κ2) is 8.14. The number of anilines is 1.